The lowest BCUT2D eigenvalue weighted by Gasteiger charge is -2.43. The van der Waals surface area contributed by atoms with E-state index in [0.717, 1.165) is 18.4 Å². The number of hydrogen-bond acceptors (Lipinski definition) is 2. The standard InChI is InChI=1S/C27H28N2O2/c30-25(22-13-6-2-7-14-22)29-24(19-21-11-4-1-5-12-21)26(31)28-20-27(17-10-18-27)23-15-8-3-9-16-23/h1-9,11-16,24H,10,17-20H2,(H,28,31)(H,29,30)/t24-/m1/s1. The van der Waals surface area contributed by atoms with Crippen LogP contribution in [-0.4, -0.2) is 24.4 Å². The highest BCUT2D eigenvalue weighted by atomic mass is 16.2. The summed E-state index contributed by atoms with van der Waals surface area (Å²) in [5.41, 5.74) is 2.83. The molecule has 158 valence electrons. The van der Waals surface area contributed by atoms with Crippen LogP contribution in [-0.2, 0) is 16.6 Å². The second-order valence-electron chi connectivity index (χ2n) is 8.30. The van der Waals surface area contributed by atoms with Gasteiger partial charge < -0.3 is 10.6 Å². The van der Waals surface area contributed by atoms with Crippen molar-refractivity contribution in [2.45, 2.75) is 37.1 Å². The summed E-state index contributed by atoms with van der Waals surface area (Å²) in [6, 6.07) is 28.6. The summed E-state index contributed by atoms with van der Waals surface area (Å²) in [5, 5.41) is 6.09. The Morgan fingerprint density at radius 1 is 0.806 bits per heavy atom. The molecule has 2 N–H and O–H groups in total. The maximum absolute atomic E-state index is 13.2. The van der Waals surface area contributed by atoms with Crippen molar-refractivity contribution < 1.29 is 9.59 Å². The van der Waals surface area contributed by atoms with Crippen LogP contribution in [0, 0.1) is 0 Å². The van der Waals surface area contributed by atoms with Gasteiger partial charge in [0.1, 0.15) is 6.04 Å². The quantitative estimate of drug-likeness (QED) is 0.581. The lowest BCUT2D eigenvalue weighted by atomic mass is 9.64. The maximum Gasteiger partial charge on any atom is 0.251 e. The molecule has 0 aliphatic heterocycles. The highest BCUT2D eigenvalue weighted by molar-refractivity contribution is 5.97. The Hall–Kier alpha value is -3.40. The van der Waals surface area contributed by atoms with Crippen molar-refractivity contribution in [1.82, 2.24) is 10.6 Å². The minimum Gasteiger partial charge on any atom is -0.353 e. The van der Waals surface area contributed by atoms with Crippen LogP contribution in [0.3, 0.4) is 0 Å². The molecule has 31 heavy (non-hydrogen) atoms. The summed E-state index contributed by atoms with van der Waals surface area (Å²) < 4.78 is 0. The summed E-state index contributed by atoms with van der Waals surface area (Å²) in [4.78, 5) is 26.0. The molecule has 0 spiro atoms. The average molecular weight is 413 g/mol. The summed E-state index contributed by atoms with van der Waals surface area (Å²) >= 11 is 0. The van der Waals surface area contributed by atoms with Gasteiger partial charge in [-0.25, -0.2) is 0 Å². The van der Waals surface area contributed by atoms with Gasteiger partial charge in [0.25, 0.3) is 5.91 Å². The summed E-state index contributed by atoms with van der Waals surface area (Å²) in [6.45, 7) is 0.586. The van der Waals surface area contributed by atoms with Crippen LogP contribution in [0.15, 0.2) is 91.0 Å². The molecule has 1 fully saturated rings. The first kappa shape index (κ1) is 20.9. The number of rotatable bonds is 8. The SMILES string of the molecule is O=C(N[C@H](Cc1ccccc1)C(=O)NCC1(c2ccccc2)CCC1)c1ccccc1. The molecule has 1 aliphatic rings. The zero-order chi connectivity index (χ0) is 21.5. The van der Waals surface area contributed by atoms with Crippen LogP contribution in [0.4, 0.5) is 0 Å². The molecule has 2 amide bonds. The number of amides is 2. The van der Waals surface area contributed by atoms with Crippen LogP contribution < -0.4 is 10.6 Å². The van der Waals surface area contributed by atoms with Gasteiger partial charge in [-0.05, 0) is 36.1 Å². The first-order valence-electron chi connectivity index (χ1n) is 10.9. The number of carbonyl (C=O) groups is 2. The van der Waals surface area contributed by atoms with E-state index >= 15 is 0 Å². The van der Waals surface area contributed by atoms with Crippen LogP contribution >= 0.6 is 0 Å². The molecule has 0 heterocycles. The largest absolute Gasteiger partial charge is 0.353 e. The topological polar surface area (TPSA) is 58.2 Å². The van der Waals surface area contributed by atoms with E-state index in [1.165, 1.54) is 12.0 Å². The van der Waals surface area contributed by atoms with Crippen LogP contribution in [0.2, 0.25) is 0 Å². The number of carbonyl (C=O) groups excluding carboxylic acids is 2. The minimum atomic E-state index is -0.636. The summed E-state index contributed by atoms with van der Waals surface area (Å²) in [7, 11) is 0. The molecule has 0 saturated heterocycles. The predicted molar refractivity (Wildman–Crippen MR) is 123 cm³/mol. The Balaban J connectivity index is 1.47. The van der Waals surface area contributed by atoms with Gasteiger partial charge in [0.2, 0.25) is 5.91 Å². The molecular formula is C27H28N2O2. The fourth-order valence-electron chi connectivity index (χ4n) is 4.23. The zero-order valence-corrected chi connectivity index (χ0v) is 17.6. The Morgan fingerprint density at radius 2 is 1.39 bits per heavy atom. The van der Waals surface area contributed by atoms with Gasteiger partial charge >= 0.3 is 0 Å². The van der Waals surface area contributed by atoms with Gasteiger partial charge in [-0.2, -0.15) is 0 Å². The van der Waals surface area contributed by atoms with E-state index in [1.54, 1.807) is 12.1 Å². The maximum atomic E-state index is 13.2. The van der Waals surface area contributed by atoms with Crippen molar-refractivity contribution in [3.8, 4) is 0 Å². The van der Waals surface area contributed by atoms with Gasteiger partial charge in [0, 0.05) is 23.9 Å². The minimum absolute atomic E-state index is 0.00233. The fraction of sp³-hybridized carbons (Fsp3) is 0.259. The average Bonchev–Trinajstić information content (AvgIpc) is 2.80. The lowest BCUT2D eigenvalue weighted by molar-refractivity contribution is -0.123. The van der Waals surface area contributed by atoms with Crippen LogP contribution in [0.5, 0.6) is 0 Å². The van der Waals surface area contributed by atoms with Gasteiger partial charge in [-0.1, -0.05) is 85.3 Å². The first-order valence-corrected chi connectivity index (χ1v) is 10.9. The molecule has 0 bridgehead atoms. The van der Waals surface area contributed by atoms with Gasteiger partial charge in [0.15, 0.2) is 0 Å². The summed E-state index contributed by atoms with van der Waals surface area (Å²) in [6.07, 6.45) is 3.75. The Labute approximate surface area is 183 Å². The molecule has 3 aromatic rings. The number of nitrogens with one attached hydrogen (secondary N) is 2. The number of benzene rings is 3. The third-order valence-electron chi connectivity index (χ3n) is 6.24. The van der Waals surface area contributed by atoms with Crippen LogP contribution in [0.25, 0.3) is 0 Å². The molecule has 4 heteroatoms. The molecular weight excluding hydrogens is 384 g/mol. The monoisotopic (exact) mass is 412 g/mol. The van der Waals surface area contributed by atoms with E-state index in [1.807, 2.05) is 54.6 Å². The molecule has 4 nitrogen and oxygen atoms in total. The van der Waals surface area contributed by atoms with Crippen molar-refractivity contribution in [3.05, 3.63) is 108 Å². The smallest absolute Gasteiger partial charge is 0.251 e. The predicted octanol–water partition coefficient (Wildman–Crippen LogP) is 4.27. The molecule has 4 rings (SSSR count). The molecule has 1 atom stereocenters. The van der Waals surface area contributed by atoms with Gasteiger partial charge in [-0.15, -0.1) is 0 Å². The van der Waals surface area contributed by atoms with Crippen molar-refractivity contribution >= 4 is 11.8 Å². The molecule has 0 aromatic heterocycles. The molecule has 0 unspecified atom stereocenters. The Kier molecular flexibility index (Phi) is 6.46. The summed E-state index contributed by atoms with van der Waals surface area (Å²) in [5.74, 6) is -0.381. The highest BCUT2D eigenvalue weighted by Gasteiger charge is 2.39. The molecule has 3 aromatic carbocycles. The fourth-order valence-corrected chi connectivity index (χ4v) is 4.23. The van der Waals surface area contributed by atoms with Crippen molar-refractivity contribution in [2.24, 2.45) is 0 Å². The normalized spacial score (nSPS) is 15.4. The van der Waals surface area contributed by atoms with E-state index < -0.39 is 6.04 Å². The van der Waals surface area contributed by atoms with E-state index in [-0.39, 0.29) is 17.2 Å². The van der Waals surface area contributed by atoms with E-state index in [2.05, 4.69) is 34.9 Å². The highest BCUT2D eigenvalue weighted by Crippen LogP contribution is 2.43. The van der Waals surface area contributed by atoms with E-state index in [4.69, 9.17) is 0 Å². The van der Waals surface area contributed by atoms with Gasteiger partial charge in [-0.3, -0.25) is 9.59 Å². The van der Waals surface area contributed by atoms with Crippen LogP contribution in [0.1, 0.15) is 40.7 Å². The van der Waals surface area contributed by atoms with Crippen molar-refractivity contribution in [2.75, 3.05) is 6.54 Å². The Morgan fingerprint density at radius 3 is 1.97 bits per heavy atom. The van der Waals surface area contributed by atoms with Crippen molar-refractivity contribution in [3.63, 3.8) is 0 Å². The van der Waals surface area contributed by atoms with Crippen molar-refractivity contribution in [1.29, 1.82) is 0 Å². The van der Waals surface area contributed by atoms with Gasteiger partial charge in [0.05, 0.1) is 0 Å². The second kappa shape index (κ2) is 9.61. The van der Waals surface area contributed by atoms with E-state index in [9.17, 15) is 9.59 Å². The molecule has 1 saturated carbocycles. The zero-order valence-electron chi connectivity index (χ0n) is 17.6. The molecule has 1 aliphatic carbocycles. The third-order valence-corrected chi connectivity index (χ3v) is 6.24. The first-order chi connectivity index (χ1) is 15.2. The number of hydrogen-bond donors (Lipinski definition) is 2. The molecule has 0 radical (unpaired) electrons. The lowest BCUT2D eigenvalue weighted by Crippen LogP contribution is -2.52. The van der Waals surface area contributed by atoms with E-state index in [0.29, 0.717) is 18.5 Å². The third kappa shape index (κ3) is 5.02. The second-order valence-corrected chi connectivity index (χ2v) is 8.30. The Bertz CT molecular complexity index is 999.